The molecule has 0 aliphatic heterocycles. The van der Waals surface area contributed by atoms with Crippen molar-refractivity contribution in [1.82, 2.24) is 5.32 Å². The summed E-state index contributed by atoms with van der Waals surface area (Å²) in [6.45, 7) is 2.00. The fourth-order valence-corrected chi connectivity index (χ4v) is 1.70. The van der Waals surface area contributed by atoms with Gasteiger partial charge in [0.1, 0.15) is 5.75 Å². The second-order valence-electron chi connectivity index (χ2n) is 4.18. The van der Waals surface area contributed by atoms with Crippen molar-refractivity contribution in [2.24, 2.45) is 0 Å². The van der Waals surface area contributed by atoms with E-state index in [1.807, 2.05) is 6.92 Å². The molecule has 2 N–H and O–H groups in total. The number of benzene rings is 1. The van der Waals surface area contributed by atoms with Gasteiger partial charge in [-0.25, -0.2) is 0 Å². The van der Waals surface area contributed by atoms with E-state index < -0.39 is 0 Å². The molecule has 0 aromatic heterocycles. The maximum absolute atomic E-state index is 11.7. The normalized spacial score (nSPS) is 17.2. The standard InChI is InChI=1S/C11H12BrNO2/c1-11(4-5-11)13-10(15)8-3-2-7(12)6-9(8)14/h2-3,6,14H,4-5H2,1H3,(H,13,15). The van der Waals surface area contributed by atoms with Gasteiger partial charge in [0.2, 0.25) is 0 Å². The Morgan fingerprint density at radius 2 is 2.20 bits per heavy atom. The lowest BCUT2D eigenvalue weighted by Crippen LogP contribution is -2.34. The predicted molar refractivity (Wildman–Crippen MR) is 60.9 cm³/mol. The van der Waals surface area contributed by atoms with Gasteiger partial charge in [-0.05, 0) is 38.0 Å². The van der Waals surface area contributed by atoms with Gasteiger partial charge in [-0.1, -0.05) is 15.9 Å². The Morgan fingerprint density at radius 1 is 1.53 bits per heavy atom. The number of amides is 1. The zero-order valence-electron chi connectivity index (χ0n) is 8.38. The highest BCUT2D eigenvalue weighted by Gasteiger charge is 2.39. The first kappa shape index (κ1) is 10.5. The molecule has 0 heterocycles. The summed E-state index contributed by atoms with van der Waals surface area (Å²) in [6.07, 6.45) is 2.02. The van der Waals surface area contributed by atoms with E-state index in [2.05, 4.69) is 21.2 Å². The molecule has 3 nitrogen and oxygen atoms in total. The molecule has 0 bridgehead atoms. The highest BCUT2D eigenvalue weighted by molar-refractivity contribution is 9.10. The Morgan fingerprint density at radius 3 is 2.73 bits per heavy atom. The average molecular weight is 270 g/mol. The first-order valence-electron chi connectivity index (χ1n) is 4.81. The van der Waals surface area contributed by atoms with Crippen LogP contribution in [0.2, 0.25) is 0 Å². The van der Waals surface area contributed by atoms with Crippen molar-refractivity contribution in [3.63, 3.8) is 0 Å². The number of phenols is 1. The summed E-state index contributed by atoms with van der Waals surface area (Å²) in [5, 5.41) is 12.5. The molecule has 1 amide bonds. The van der Waals surface area contributed by atoms with Gasteiger partial charge in [-0.2, -0.15) is 0 Å². The van der Waals surface area contributed by atoms with Gasteiger partial charge in [-0.3, -0.25) is 4.79 Å². The highest BCUT2D eigenvalue weighted by Crippen LogP contribution is 2.35. The number of carbonyl (C=O) groups is 1. The fourth-order valence-electron chi connectivity index (χ4n) is 1.35. The molecule has 4 heteroatoms. The molecule has 15 heavy (non-hydrogen) atoms. The second kappa shape index (κ2) is 3.52. The van der Waals surface area contributed by atoms with Crippen LogP contribution in [0.1, 0.15) is 30.1 Å². The summed E-state index contributed by atoms with van der Waals surface area (Å²) in [7, 11) is 0. The van der Waals surface area contributed by atoms with Crippen LogP contribution in [0.5, 0.6) is 5.75 Å². The van der Waals surface area contributed by atoms with E-state index in [9.17, 15) is 9.90 Å². The topological polar surface area (TPSA) is 49.3 Å². The molecule has 1 aromatic rings. The average Bonchev–Trinajstić information content (AvgIpc) is 2.82. The van der Waals surface area contributed by atoms with E-state index in [1.54, 1.807) is 12.1 Å². The summed E-state index contributed by atoms with van der Waals surface area (Å²) in [5.41, 5.74) is 0.266. The number of hydrogen-bond donors (Lipinski definition) is 2. The molecule has 1 aromatic carbocycles. The molecule has 1 fully saturated rings. The molecule has 0 radical (unpaired) electrons. The van der Waals surface area contributed by atoms with Crippen LogP contribution >= 0.6 is 15.9 Å². The maximum atomic E-state index is 11.7. The van der Waals surface area contributed by atoms with Crippen molar-refractivity contribution in [2.45, 2.75) is 25.3 Å². The zero-order valence-corrected chi connectivity index (χ0v) is 9.97. The first-order valence-corrected chi connectivity index (χ1v) is 5.60. The van der Waals surface area contributed by atoms with E-state index in [-0.39, 0.29) is 17.2 Å². The van der Waals surface area contributed by atoms with Gasteiger partial charge in [0, 0.05) is 10.0 Å². The maximum Gasteiger partial charge on any atom is 0.255 e. The fraction of sp³-hybridized carbons (Fsp3) is 0.364. The van der Waals surface area contributed by atoms with E-state index >= 15 is 0 Å². The lowest BCUT2D eigenvalue weighted by atomic mass is 10.1. The zero-order chi connectivity index (χ0) is 11.1. The molecular weight excluding hydrogens is 258 g/mol. The molecule has 0 spiro atoms. The predicted octanol–water partition coefficient (Wildman–Crippen LogP) is 2.44. The van der Waals surface area contributed by atoms with Gasteiger partial charge in [-0.15, -0.1) is 0 Å². The number of carbonyl (C=O) groups excluding carboxylic acids is 1. The van der Waals surface area contributed by atoms with Crippen LogP contribution < -0.4 is 5.32 Å². The lowest BCUT2D eigenvalue weighted by Gasteiger charge is -2.12. The molecule has 0 atom stereocenters. The van der Waals surface area contributed by atoms with Gasteiger partial charge in [0.15, 0.2) is 0 Å². The van der Waals surface area contributed by atoms with E-state index in [1.165, 1.54) is 6.07 Å². The largest absolute Gasteiger partial charge is 0.507 e. The lowest BCUT2D eigenvalue weighted by molar-refractivity contribution is 0.0933. The Labute approximate surface area is 96.6 Å². The summed E-state index contributed by atoms with van der Waals surface area (Å²) >= 11 is 3.23. The molecule has 2 rings (SSSR count). The Balaban J connectivity index is 2.18. The SMILES string of the molecule is CC1(NC(=O)c2ccc(Br)cc2O)CC1. The summed E-state index contributed by atoms with van der Waals surface area (Å²) in [6, 6.07) is 4.87. The Bertz CT molecular complexity index is 413. The number of halogens is 1. The van der Waals surface area contributed by atoms with E-state index in [4.69, 9.17) is 0 Å². The van der Waals surface area contributed by atoms with Crippen molar-refractivity contribution in [1.29, 1.82) is 0 Å². The van der Waals surface area contributed by atoms with E-state index in [0.717, 1.165) is 17.3 Å². The Kier molecular flexibility index (Phi) is 2.46. The smallest absolute Gasteiger partial charge is 0.255 e. The molecule has 0 unspecified atom stereocenters. The molecule has 0 saturated heterocycles. The van der Waals surface area contributed by atoms with Crippen LogP contribution in [-0.4, -0.2) is 16.6 Å². The van der Waals surface area contributed by atoms with Gasteiger partial charge in [0.25, 0.3) is 5.91 Å². The number of hydrogen-bond acceptors (Lipinski definition) is 2. The van der Waals surface area contributed by atoms with Crippen LogP contribution in [0.25, 0.3) is 0 Å². The molecule has 1 saturated carbocycles. The molecule has 80 valence electrons. The quantitative estimate of drug-likeness (QED) is 0.867. The van der Waals surface area contributed by atoms with Crippen LogP contribution in [-0.2, 0) is 0 Å². The number of nitrogens with one attached hydrogen (secondary N) is 1. The van der Waals surface area contributed by atoms with Gasteiger partial charge in [0.05, 0.1) is 5.56 Å². The minimum Gasteiger partial charge on any atom is -0.507 e. The number of phenolic OH excluding ortho intramolecular Hbond substituents is 1. The van der Waals surface area contributed by atoms with Crippen LogP contribution in [0, 0.1) is 0 Å². The third-order valence-corrected chi connectivity index (χ3v) is 3.11. The van der Waals surface area contributed by atoms with Gasteiger partial charge < -0.3 is 10.4 Å². The van der Waals surface area contributed by atoms with Crippen molar-refractivity contribution < 1.29 is 9.90 Å². The summed E-state index contributed by atoms with van der Waals surface area (Å²) < 4.78 is 0.759. The minimum atomic E-state index is -0.208. The van der Waals surface area contributed by atoms with Crippen molar-refractivity contribution >= 4 is 21.8 Å². The molecule has 1 aliphatic carbocycles. The Hall–Kier alpha value is -1.03. The number of rotatable bonds is 2. The van der Waals surface area contributed by atoms with Crippen LogP contribution in [0.15, 0.2) is 22.7 Å². The van der Waals surface area contributed by atoms with Crippen molar-refractivity contribution in [3.8, 4) is 5.75 Å². The number of aromatic hydroxyl groups is 1. The summed E-state index contributed by atoms with van der Waals surface area (Å²) in [4.78, 5) is 11.7. The van der Waals surface area contributed by atoms with Gasteiger partial charge >= 0.3 is 0 Å². The van der Waals surface area contributed by atoms with E-state index in [0.29, 0.717) is 5.56 Å². The minimum absolute atomic E-state index is 0.00567. The van der Waals surface area contributed by atoms with Crippen molar-refractivity contribution in [3.05, 3.63) is 28.2 Å². The van der Waals surface area contributed by atoms with Crippen LogP contribution in [0.3, 0.4) is 0 Å². The highest BCUT2D eigenvalue weighted by atomic mass is 79.9. The molecule has 1 aliphatic rings. The molecular formula is C11H12BrNO2. The second-order valence-corrected chi connectivity index (χ2v) is 5.09. The first-order chi connectivity index (χ1) is 7.00. The monoisotopic (exact) mass is 269 g/mol. The van der Waals surface area contributed by atoms with Crippen molar-refractivity contribution in [2.75, 3.05) is 0 Å². The third kappa shape index (κ3) is 2.31. The summed E-state index contributed by atoms with van der Waals surface area (Å²) in [5.74, 6) is -0.203. The van der Waals surface area contributed by atoms with Crippen LogP contribution in [0.4, 0.5) is 0 Å². The third-order valence-electron chi connectivity index (χ3n) is 2.62.